The van der Waals surface area contributed by atoms with Crippen molar-refractivity contribution in [1.29, 1.82) is 0 Å². The van der Waals surface area contributed by atoms with Gasteiger partial charge in [-0.15, -0.1) is 0 Å². The smallest absolute Gasteiger partial charge is 0.312 e. The Hall–Kier alpha value is -3.25. The molecule has 12 heteroatoms. The van der Waals surface area contributed by atoms with Crippen LogP contribution in [0.4, 0.5) is 0 Å². The number of fused-ring (bicyclic) bond motifs is 3. The van der Waals surface area contributed by atoms with Gasteiger partial charge in [0.2, 0.25) is 0 Å². The van der Waals surface area contributed by atoms with Gasteiger partial charge in [-0.05, 0) is 37.5 Å². The average Bonchev–Trinajstić information content (AvgIpc) is 3.58. The lowest BCUT2D eigenvalue weighted by Gasteiger charge is -2.56. The maximum Gasteiger partial charge on any atom is 0.312 e. The molecule has 1 spiro atoms. The number of ether oxygens (including phenoxy) is 6. The van der Waals surface area contributed by atoms with E-state index in [0.29, 0.717) is 18.4 Å². The zero-order valence-electron chi connectivity index (χ0n) is 23.5. The van der Waals surface area contributed by atoms with Crippen molar-refractivity contribution in [3.05, 3.63) is 23.8 Å². The third-order valence-corrected chi connectivity index (χ3v) is 8.58. The van der Waals surface area contributed by atoms with E-state index in [-0.39, 0.29) is 13.2 Å². The molecule has 0 unspecified atom stereocenters. The quantitative estimate of drug-likeness (QED) is 0.290. The van der Waals surface area contributed by atoms with Crippen LogP contribution in [0.15, 0.2) is 23.8 Å². The molecule has 0 aromatic rings. The van der Waals surface area contributed by atoms with Gasteiger partial charge in [-0.25, -0.2) is 0 Å². The summed E-state index contributed by atoms with van der Waals surface area (Å²) in [6, 6.07) is 0. The molecule has 2 saturated heterocycles. The summed E-state index contributed by atoms with van der Waals surface area (Å²) in [5.41, 5.74) is -4.08. The number of aliphatic hydroxyl groups is 1. The lowest BCUT2D eigenvalue weighted by molar-refractivity contribution is -0.236. The van der Waals surface area contributed by atoms with Gasteiger partial charge < -0.3 is 33.5 Å². The first kappa shape index (κ1) is 29.7. The van der Waals surface area contributed by atoms with Crippen molar-refractivity contribution in [3.63, 3.8) is 0 Å². The van der Waals surface area contributed by atoms with Gasteiger partial charge in [0.25, 0.3) is 0 Å². The molecular weight excluding hydrogens is 528 g/mol. The Kier molecular flexibility index (Phi) is 7.89. The Labute approximate surface area is 231 Å². The minimum atomic E-state index is -2.13. The van der Waals surface area contributed by atoms with Crippen LogP contribution in [0, 0.1) is 17.3 Å². The van der Waals surface area contributed by atoms with Crippen molar-refractivity contribution in [1.82, 2.24) is 0 Å². The van der Waals surface area contributed by atoms with Crippen LogP contribution in [0.2, 0.25) is 0 Å². The fraction of sp³-hybridized carbons (Fsp3) is 0.679. The van der Waals surface area contributed by atoms with Crippen LogP contribution in [0.5, 0.6) is 0 Å². The van der Waals surface area contributed by atoms with Gasteiger partial charge in [0, 0.05) is 33.6 Å². The van der Waals surface area contributed by atoms with Crippen LogP contribution in [0.25, 0.3) is 0 Å². The van der Waals surface area contributed by atoms with Crippen LogP contribution in [0.1, 0.15) is 54.4 Å². The Morgan fingerprint density at radius 1 is 1.02 bits per heavy atom. The van der Waals surface area contributed by atoms with E-state index in [1.807, 2.05) is 0 Å². The molecule has 3 fully saturated rings. The second kappa shape index (κ2) is 10.6. The first-order valence-corrected chi connectivity index (χ1v) is 13.3. The molecule has 2 heterocycles. The number of rotatable bonds is 5. The molecule has 9 atom stereocenters. The molecule has 0 amide bonds. The van der Waals surface area contributed by atoms with Crippen molar-refractivity contribution < 1.29 is 57.5 Å². The Balaban J connectivity index is 2.02. The fourth-order valence-electron chi connectivity index (χ4n) is 6.61. The topological polar surface area (TPSA) is 164 Å². The van der Waals surface area contributed by atoms with Crippen molar-refractivity contribution in [3.8, 4) is 0 Å². The zero-order chi connectivity index (χ0) is 29.6. The van der Waals surface area contributed by atoms with E-state index in [9.17, 15) is 29.1 Å². The van der Waals surface area contributed by atoms with E-state index in [2.05, 4.69) is 0 Å². The number of carbonyl (C=O) groups excluding carboxylic acids is 5. The van der Waals surface area contributed by atoms with E-state index in [4.69, 9.17) is 28.4 Å². The molecule has 40 heavy (non-hydrogen) atoms. The molecule has 4 aliphatic rings. The van der Waals surface area contributed by atoms with E-state index >= 15 is 0 Å². The average molecular weight is 565 g/mol. The van der Waals surface area contributed by atoms with Gasteiger partial charge in [-0.2, -0.15) is 0 Å². The van der Waals surface area contributed by atoms with Crippen LogP contribution in [-0.2, 0) is 52.4 Å². The highest BCUT2D eigenvalue weighted by Crippen LogP contribution is 2.62. The van der Waals surface area contributed by atoms with Crippen molar-refractivity contribution in [2.24, 2.45) is 17.3 Å². The van der Waals surface area contributed by atoms with Gasteiger partial charge in [-0.1, -0.05) is 13.0 Å². The Bertz CT molecular complexity index is 1150. The first-order chi connectivity index (χ1) is 18.6. The predicted octanol–water partition coefficient (Wildman–Crippen LogP) is 1.32. The van der Waals surface area contributed by atoms with Gasteiger partial charge >= 0.3 is 29.8 Å². The van der Waals surface area contributed by atoms with Crippen molar-refractivity contribution in [2.75, 3.05) is 13.2 Å². The third-order valence-electron chi connectivity index (χ3n) is 8.58. The second-order valence-corrected chi connectivity index (χ2v) is 11.2. The highest BCUT2D eigenvalue weighted by Gasteiger charge is 2.74. The summed E-state index contributed by atoms with van der Waals surface area (Å²) in [6.07, 6.45) is 0.550. The largest absolute Gasteiger partial charge is 0.462 e. The van der Waals surface area contributed by atoms with Gasteiger partial charge in [0.1, 0.15) is 24.9 Å². The molecular formula is C28H36O12. The monoisotopic (exact) mass is 564 g/mol. The van der Waals surface area contributed by atoms with Crippen LogP contribution in [-0.4, -0.2) is 83.8 Å². The van der Waals surface area contributed by atoms with E-state index in [1.54, 1.807) is 19.1 Å². The normalized spacial score (nSPS) is 40.1. The molecule has 220 valence electrons. The summed E-state index contributed by atoms with van der Waals surface area (Å²) in [7, 11) is 0. The molecule has 12 nitrogen and oxygen atoms in total. The maximum atomic E-state index is 13.0. The molecule has 1 saturated carbocycles. The predicted molar refractivity (Wildman–Crippen MR) is 134 cm³/mol. The van der Waals surface area contributed by atoms with Gasteiger partial charge in [0.05, 0.1) is 23.5 Å². The summed E-state index contributed by atoms with van der Waals surface area (Å²) >= 11 is 0. The van der Waals surface area contributed by atoms with E-state index < -0.39 is 82.7 Å². The minimum absolute atomic E-state index is 0.242. The molecule has 2 aliphatic carbocycles. The number of hydrogen-bond donors (Lipinski definition) is 1. The van der Waals surface area contributed by atoms with Crippen molar-refractivity contribution >= 4 is 29.8 Å². The molecule has 2 aliphatic heterocycles. The molecule has 0 aromatic heterocycles. The minimum Gasteiger partial charge on any atom is -0.462 e. The lowest BCUT2D eigenvalue weighted by Crippen LogP contribution is -2.69. The summed E-state index contributed by atoms with van der Waals surface area (Å²) in [6.45, 7) is 8.06. The Morgan fingerprint density at radius 3 is 2.20 bits per heavy atom. The molecule has 0 aromatic carbocycles. The molecule has 1 N–H and O–H groups in total. The summed E-state index contributed by atoms with van der Waals surface area (Å²) in [5, 5.41) is 12.5. The van der Waals surface area contributed by atoms with Gasteiger partial charge in [-0.3, -0.25) is 24.0 Å². The number of hydrogen-bond acceptors (Lipinski definition) is 12. The molecule has 0 radical (unpaired) electrons. The third kappa shape index (κ3) is 5.14. The lowest BCUT2D eigenvalue weighted by atomic mass is 9.53. The van der Waals surface area contributed by atoms with E-state index in [1.165, 1.54) is 40.7 Å². The maximum absolute atomic E-state index is 13.0. The van der Waals surface area contributed by atoms with Crippen LogP contribution in [0.3, 0.4) is 0 Å². The standard InChI is InChI=1S/C28H36O12/c1-14-25(33)40-22-11-19(12-35-15(2)29)7-8-20(37-16(3)30)26(6)21(38-17(4)31)9-10-27(13-36-27)23(26)24(28(14,22)34)39-18(5)32/h7-8,11,14,20-24,34H,9-10,12-13H2,1-6H3/t14-,20-,21-,22-,23+,24-,26-,27-,28-/m0/s1. The SMILES string of the molecule is CC(=O)OCC1=C[C@@H]2OC(=O)[C@H](C)[C@@]2(O)[C@@H](OC(C)=O)[C@H]2[C@]3(CC[C@H](OC(C)=O)[C@]2(C)[C@@H](OC(C)=O)C=C1)CO3. The second-order valence-electron chi connectivity index (χ2n) is 11.2. The van der Waals surface area contributed by atoms with Crippen molar-refractivity contribution in [2.45, 2.75) is 90.0 Å². The van der Waals surface area contributed by atoms with Crippen LogP contribution >= 0.6 is 0 Å². The number of esters is 5. The molecule has 4 rings (SSSR count). The number of carbonyl (C=O) groups is 5. The summed E-state index contributed by atoms with van der Waals surface area (Å²) < 4.78 is 34.3. The highest BCUT2D eigenvalue weighted by molar-refractivity contribution is 5.78. The van der Waals surface area contributed by atoms with Gasteiger partial charge in [0.15, 0.2) is 11.7 Å². The van der Waals surface area contributed by atoms with Crippen LogP contribution < -0.4 is 0 Å². The Morgan fingerprint density at radius 2 is 1.65 bits per heavy atom. The number of epoxide rings is 1. The summed E-state index contributed by atoms with van der Waals surface area (Å²) in [4.78, 5) is 61.8. The van der Waals surface area contributed by atoms with E-state index in [0.717, 1.165) is 0 Å². The molecule has 0 bridgehead atoms. The summed E-state index contributed by atoms with van der Waals surface area (Å²) in [5.74, 6) is -5.35. The zero-order valence-corrected chi connectivity index (χ0v) is 23.5. The first-order valence-electron chi connectivity index (χ1n) is 13.3. The highest BCUT2D eigenvalue weighted by atomic mass is 16.6. The fourth-order valence-corrected chi connectivity index (χ4v) is 6.61.